The summed E-state index contributed by atoms with van der Waals surface area (Å²) in [6, 6.07) is 6.97. The van der Waals surface area contributed by atoms with Crippen LogP contribution in [0.2, 0.25) is 0 Å². The van der Waals surface area contributed by atoms with E-state index in [9.17, 15) is 9.90 Å². The fourth-order valence-corrected chi connectivity index (χ4v) is 3.94. The van der Waals surface area contributed by atoms with E-state index in [1.807, 2.05) is 11.1 Å². The highest BCUT2D eigenvalue weighted by molar-refractivity contribution is 5.93. The molecule has 0 aromatic carbocycles. The number of hydrogen-bond donors (Lipinski definition) is 2. The number of fused-ring (bicyclic) bond motifs is 1. The summed E-state index contributed by atoms with van der Waals surface area (Å²) in [7, 11) is 0. The summed E-state index contributed by atoms with van der Waals surface area (Å²) >= 11 is 0. The number of aliphatic hydroxyl groups is 1. The zero-order valence-electron chi connectivity index (χ0n) is 20.4. The SMILES string of the molecule is CC(C)(C)c1cc2nnc(-c3cc(CO)on3)n2nc1OCc1ccc(C(=O)NN2CCCC2)cn1. The number of hydrogen-bond acceptors (Lipinski definition) is 10. The Labute approximate surface area is 207 Å². The second kappa shape index (κ2) is 9.63. The van der Waals surface area contributed by atoms with Crippen molar-refractivity contribution in [2.24, 2.45) is 0 Å². The molecule has 0 bridgehead atoms. The predicted molar refractivity (Wildman–Crippen MR) is 128 cm³/mol. The number of carbonyl (C=O) groups excluding carboxylic acids is 1. The lowest BCUT2D eigenvalue weighted by atomic mass is 9.88. The molecular weight excluding hydrogens is 464 g/mol. The fourth-order valence-electron chi connectivity index (χ4n) is 3.94. The maximum Gasteiger partial charge on any atom is 0.267 e. The van der Waals surface area contributed by atoms with Crippen molar-refractivity contribution >= 4 is 11.6 Å². The number of rotatable bonds is 7. The number of aliphatic hydroxyl groups excluding tert-OH is 1. The van der Waals surface area contributed by atoms with E-state index in [2.05, 4.69) is 51.6 Å². The van der Waals surface area contributed by atoms with Gasteiger partial charge >= 0.3 is 0 Å². The summed E-state index contributed by atoms with van der Waals surface area (Å²) in [5.41, 5.74) is 5.56. The van der Waals surface area contributed by atoms with Crippen LogP contribution in [0.25, 0.3) is 17.2 Å². The molecular formula is C24H28N8O4. The van der Waals surface area contributed by atoms with E-state index in [0.29, 0.717) is 40.1 Å². The quantitative estimate of drug-likeness (QED) is 0.394. The fraction of sp³-hybridized carbons (Fsp3) is 0.417. The van der Waals surface area contributed by atoms with Gasteiger partial charge in [0, 0.05) is 30.9 Å². The van der Waals surface area contributed by atoms with Crippen LogP contribution in [0.4, 0.5) is 0 Å². The first-order valence-corrected chi connectivity index (χ1v) is 11.8. The highest BCUT2D eigenvalue weighted by Crippen LogP contribution is 2.32. The summed E-state index contributed by atoms with van der Waals surface area (Å²) in [6.07, 6.45) is 3.72. The van der Waals surface area contributed by atoms with Gasteiger partial charge in [-0.2, -0.15) is 4.52 Å². The maximum absolute atomic E-state index is 12.4. The van der Waals surface area contributed by atoms with E-state index in [0.717, 1.165) is 31.5 Å². The molecule has 12 nitrogen and oxygen atoms in total. The average molecular weight is 493 g/mol. The molecule has 188 valence electrons. The van der Waals surface area contributed by atoms with Crippen molar-refractivity contribution < 1.29 is 19.2 Å². The van der Waals surface area contributed by atoms with Crippen LogP contribution < -0.4 is 10.2 Å². The van der Waals surface area contributed by atoms with Crippen molar-refractivity contribution in [1.29, 1.82) is 0 Å². The van der Waals surface area contributed by atoms with Gasteiger partial charge in [0.15, 0.2) is 17.1 Å². The Bertz CT molecular complexity index is 1370. The van der Waals surface area contributed by atoms with E-state index in [4.69, 9.17) is 9.26 Å². The molecule has 1 amide bonds. The standard InChI is InChI=1S/C24H28N8O4/c1-24(2,3)18-11-20-26-27-21(19-10-17(13-33)36-30-19)32(20)29-23(18)35-14-16-7-6-15(12-25-16)22(34)28-31-8-4-5-9-31/h6-7,10-12,33H,4-5,8-9,13-14H2,1-3H3,(H,28,34). The van der Waals surface area contributed by atoms with Crippen molar-refractivity contribution in [1.82, 2.24) is 40.4 Å². The van der Waals surface area contributed by atoms with Gasteiger partial charge in [-0.3, -0.25) is 15.2 Å². The van der Waals surface area contributed by atoms with E-state index in [1.54, 1.807) is 24.4 Å². The average Bonchev–Trinajstić information content (AvgIpc) is 3.62. The molecule has 1 aliphatic heterocycles. The molecule has 0 saturated carbocycles. The Kier molecular flexibility index (Phi) is 6.37. The van der Waals surface area contributed by atoms with Gasteiger partial charge in [-0.15, -0.1) is 15.3 Å². The van der Waals surface area contributed by atoms with Gasteiger partial charge < -0.3 is 14.4 Å². The number of nitrogens with zero attached hydrogens (tertiary/aromatic N) is 7. The molecule has 4 aromatic heterocycles. The molecule has 5 heterocycles. The summed E-state index contributed by atoms with van der Waals surface area (Å²) in [5, 5.41) is 28.2. The van der Waals surface area contributed by atoms with Crippen LogP contribution >= 0.6 is 0 Å². The number of hydrazine groups is 1. The van der Waals surface area contributed by atoms with Crippen LogP contribution in [0.3, 0.4) is 0 Å². The normalized spacial score (nSPS) is 14.4. The van der Waals surface area contributed by atoms with E-state index in [-0.39, 0.29) is 24.5 Å². The minimum absolute atomic E-state index is 0.158. The third-order valence-electron chi connectivity index (χ3n) is 5.92. The Morgan fingerprint density at radius 1 is 1.19 bits per heavy atom. The third-order valence-corrected chi connectivity index (χ3v) is 5.92. The lowest BCUT2D eigenvalue weighted by Crippen LogP contribution is -2.40. The first-order chi connectivity index (χ1) is 17.3. The van der Waals surface area contributed by atoms with Crippen molar-refractivity contribution in [3.05, 3.63) is 53.0 Å². The first kappa shape index (κ1) is 23.8. The summed E-state index contributed by atoms with van der Waals surface area (Å²) in [6.45, 7) is 7.79. The second-order valence-corrected chi connectivity index (χ2v) is 9.71. The topological polar surface area (TPSA) is 144 Å². The summed E-state index contributed by atoms with van der Waals surface area (Å²) < 4.78 is 12.7. The Balaban J connectivity index is 1.37. The van der Waals surface area contributed by atoms with Crippen LogP contribution in [-0.4, -0.2) is 59.1 Å². The van der Waals surface area contributed by atoms with Gasteiger partial charge in [0.2, 0.25) is 11.7 Å². The molecule has 0 aliphatic carbocycles. The Morgan fingerprint density at radius 3 is 2.67 bits per heavy atom. The molecule has 0 unspecified atom stereocenters. The number of carbonyl (C=O) groups is 1. The third kappa shape index (κ3) is 4.90. The van der Waals surface area contributed by atoms with Crippen LogP contribution in [0.1, 0.15) is 61.0 Å². The molecule has 1 aliphatic rings. The number of amides is 1. The minimum atomic E-state index is -0.279. The van der Waals surface area contributed by atoms with E-state index in [1.165, 1.54) is 4.52 Å². The van der Waals surface area contributed by atoms with E-state index < -0.39 is 0 Å². The zero-order chi connectivity index (χ0) is 25.3. The molecule has 12 heteroatoms. The van der Waals surface area contributed by atoms with Crippen LogP contribution in [-0.2, 0) is 18.6 Å². The van der Waals surface area contributed by atoms with E-state index >= 15 is 0 Å². The first-order valence-electron chi connectivity index (χ1n) is 11.8. The van der Waals surface area contributed by atoms with Crippen LogP contribution in [0.5, 0.6) is 5.88 Å². The molecule has 2 N–H and O–H groups in total. The maximum atomic E-state index is 12.4. The molecule has 1 saturated heterocycles. The molecule has 1 fully saturated rings. The monoisotopic (exact) mass is 492 g/mol. The van der Waals surface area contributed by atoms with Crippen molar-refractivity contribution in [3.63, 3.8) is 0 Å². The zero-order valence-corrected chi connectivity index (χ0v) is 20.4. The molecule has 0 spiro atoms. The number of nitrogens with one attached hydrogen (secondary N) is 1. The summed E-state index contributed by atoms with van der Waals surface area (Å²) in [5.74, 6) is 0.911. The molecule has 4 aromatic rings. The lowest BCUT2D eigenvalue weighted by molar-refractivity contribution is 0.0825. The predicted octanol–water partition coefficient (Wildman–Crippen LogP) is 2.28. The Morgan fingerprint density at radius 2 is 2.00 bits per heavy atom. The largest absolute Gasteiger partial charge is 0.470 e. The van der Waals surface area contributed by atoms with Gasteiger partial charge in [-0.25, -0.2) is 5.01 Å². The number of pyridine rings is 1. The van der Waals surface area contributed by atoms with Gasteiger partial charge in [0.1, 0.15) is 13.2 Å². The molecule has 0 atom stereocenters. The highest BCUT2D eigenvalue weighted by Gasteiger charge is 2.25. The van der Waals surface area contributed by atoms with Crippen molar-refractivity contribution in [3.8, 4) is 17.4 Å². The Hall–Kier alpha value is -3.90. The van der Waals surface area contributed by atoms with Crippen molar-refractivity contribution in [2.75, 3.05) is 13.1 Å². The number of ether oxygens (including phenoxy) is 1. The van der Waals surface area contributed by atoms with Gasteiger partial charge in [-0.05, 0) is 36.5 Å². The van der Waals surface area contributed by atoms with Crippen molar-refractivity contribution in [2.45, 2.75) is 52.2 Å². The lowest BCUT2D eigenvalue weighted by Gasteiger charge is -2.21. The van der Waals surface area contributed by atoms with Gasteiger partial charge in [0.25, 0.3) is 5.91 Å². The minimum Gasteiger partial charge on any atom is -0.470 e. The van der Waals surface area contributed by atoms with Crippen LogP contribution in [0, 0.1) is 0 Å². The molecule has 0 radical (unpaired) electrons. The van der Waals surface area contributed by atoms with Gasteiger partial charge in [-0.1, -0.05) is 25.9 Å². The van der Waals surface area contributed by atoms with Crippen LogP contribution in [0.15, 0.2) is 35.0 Å². The summed E-state index contributed by atoms with van der Waals surface area (Å²) in [4.78, 5) is 16.8. The van der Waals surface area contributed by atoms with Gasteiger partial charge in [0.05, 0.1) is 11.3 Å². The molecule has 5 rings (SSSR count). The smallest absolute Gasteiger partial charge is 0.267 e. The number of aromatic nitrogens is 6. The highest BCUT2D eigenvalue weighted by atomic mass is 16.5. The molecule has 36 heavy (non-hydrogen) atoms. The second-order valence-electron chi connectivity index (χ2n) is 9.71.